The summed E-state index contributed by atoms with van der Waals surface area (Å²) in [4.78, 5) is 14.4. The molecule has 4 nitrogen and oxygen atoms in total. The minimum atomic E-state index is -0.0453. The van der Waals surface area contributed by atoms with Crippen molar-refractivity contribution >= 4 is 5.97 Å². The van der Waals surface area contributed by atoms with Crippen LogP contribution in [0.25, 0.3) is 0 Å². The summed E-state index contributed by atoms with van der Waals surface area (Å²) in [7, 11) is 0. The lowest BCUT2D eigenvalue weighted by Crippen LogP contribution is -2.66. The Bertz CT molecular complexity index is 436. The molecule has 3 fully saturated rings. The first-order valence-corrected chi connectivity index (χ1v) is 9.49. The number of nitrogens with zero attached hydrogens (tertiary/aromatic N) is 1. The molecule has 0 amide bonds. The van der Waals surface area contributed by atoms with Crippen molar-refractivity contribution < 1.29 is 14.3 Å². The van der Waals surface area contributed by atoms with Crippen molar-refractivity contribution in [1.82, 2.24) is 4.90 Å². The zero-order valence-corrected chi connectivity index (χ0v) is 15.2. The number of carbonyl (C=O) groups excluding carboxylic acids is 1. The number of piperidine rings is 1. The van der Waals surface area contributed by atoms with E-state index in [2.05, 4.69) is 25.7 Å². The van der Waals surface area contributed by atoms with E-state index in [1.165, 1.54) is 19.3 Å². The van der Waals surface area contributed by atoms with Crippen LogP contribution in [-0.4, -0.2) is 41.9 Å². The fraction of sp³-hybridized carbons (Fsp3) is 0.947. The average Bonchev–Trinajstić information content (AvgIpc) is 2.48. The Hall–Kier alpha value is -0.610. The van der Waals surface area contributed by atoms with Gasteiger partial charge in [0.15, 0.2) is 0 Å². The van der Waals surface area contributed by atoms with Crippen LogP contribution in [0.1, 0.15) is 66.2 Å². The molecule has 3 rings (SSSR count). The fourth-order valence-electron chi connectivity index (χ4n) is 5.09. The summed E-state index contributed by atoms with van der Waals surface area (Å²) in [6.45, 7) is 10.5. The van der Waals surface area contributed by atoms with Crippen LogP contribution >= 0.6 is 0 Å². The largest absolute Gasteiger partial charge is 0.466 e. The summed E-state index contributed by atoms with van der Waals surface area (Å²) < 4.78 is 11.7. The van der Waals surface area contributed by atoms with Gasteiger partial charge >= 0.3 is 5.97 Å². The van der Waals surface area contributed by atoms with Crippen LogP contribution in [0.4, 0.5) is 0 Å². The zero-order valence-electron chi connectivity index (χ0n) is 15.2. The van der Waals surface area contributed by atoms with E-state index in [0.29, 0.717) is 31.0 Å². The molecule has 0 spiro atoms. The van der Waals surface area contributed by atoms with E-state index >= 15 is 0 Å². The monoisotopic (exact) mass is 323 g/mol. The molecule has 0 radical (unpaired) electrons. The third-order valence-electron chi connectivity index (χ3n) is 6.42. The van der Waals surface area contributed by atoms with Gasteiger partial charge in [0.25, 0.3) is 0 Å². The molecular formula is C19H33NO3. The summed E-state index contributed by atoms with van der Waals surface area (Å²) in [5.74, 6) is 1.78. The van der Waals surface area contributed by atoms with Crippen molar-refractivity contribution in [1.29, 1.82) is 0 Å². The topological polar surface area (TPSA) is 38.8 Å². The van der Waals surface area contributed by atoms with Gasteiger partial charge in [-0.1, -0.05) is 13.3 Å². The number of hydrogen-bond donors (Lipinski definition) is 0. The first kappa shape index (κ1) is 17.2. The lowest BCUT2D eigenvalue weighted by atomic mass is 9.69. The second-order valence-electron chi connectivity index (χ2n) is 8.41. The van der Waals surface area contributed by atoms with E-state index in [0.717, 1.165) is 25.3 Å². The molecule has 23 heavy (non-hydrogen) atoms. The average molecular weight is 323 g/mol. The highest BCUT2D eigenvalue weighted by Gasteiger charge is 2.51. The Morgan fingerprint density at radius 1 is 1.26 bits per heavy atom. The fourth-order valence-corrected chi connectivity index (χ4v) is 5.09. The van der Waals surface area contributed by atoms with Crippen LogP contribution in [0.15, 0.2) is 0 Å². The highest BCUT2D eigenvalue weighted by molar-refractivity contribution is 5.69. The predicted molar refractivity (Wildman–Crippen MR) is 89.9 cm³/mol. The van der Waals surface area contributed by atoms with Crippen LogP contribution < -0.4 is 0 Å². The van der Waals surface area contributed by atoms with Crippen molar-refractivity contribution in [2.45, 2.75) is 84.1 Å². The lowest BCUT2D eigenvalue weighted by molar-refractivity contribution is -0.249. The van der Waals surface area contributed by atoms with E-state index in [1.54, 1.807) is 0 Å². The maximum absolute atomic E-state index is 11.8. The molecule has 0 aromatic carbocycles. The molecule has 132 valence electrons. The summed E-state index contributed by atoms with van der Waals surface area (Å²) in [5.41, 5.74) is 0.168. The molecule has 1 saturated carbocycles. The van der Waals surface area contributed by atoms with E-state index in [4.69, 9.17) is 9.47 Å². The molecule has 2 aliphatic heterocycles. The quantitative estimate of drug-likeness (QED) is 0.744. The van der Waals surface area contributed by atoms with Gasteiger partial charge in [-0.15, -0.1) is 0 Å². The molecule has 2 saturated heterocycles. The van der Waals surface area contributed by atoms with Gasteiger partial charge in [-0.3, -0.25) is 9.69 Å². The normalized spacial score (nSPS) is 40.1. The molecular weight excluding hydrogens is 290 g/mol. The second-order valence-corrected chi connectivity index (χ2v) is 8.41. The zero-order chi connectivity index (χ0) is 16.6. The maximum Gasteiger partial charge on any atom is 0.306 e. The highest BCUT2D eigenvalue weighted by Crippen LogP contribution is 2.47. The van der Waals surface area contributed by atoms with Crippen LogP contribution in [-0.2, 0) is 14.3 Å². The Morgan fingerprint density at radius 2 is 2.04 bits per heavy atom. The van der Waals surface area contributed by atoms with E-state index in [1.807, 2.05) is 6.92 Å². The number of hydrogen-bond acceptors (Lipinski definition) is 4. The van der Waals surface area contributed by atoms with Crippen molar-refractivity contribution in [3.63, 3.8) is 0 Å². The van der Waals surface area contributed by atoms with Gasteiger partial charge in [0.05, 0.1) is 12.7 Å². The number of rotatable bonds is 3. The molecule has 0 aromatic rings. The molecule has 0 bridgehead atoms. The molecule has 0 N–H and O–H groups in total. The summed E-state index contributed by atoms with van der Waals surface area (Å²) in [6, 6.07) is 0. The van der Waals surface area contributed by atoms with E-state index in [-0.39, 0.29) is 17.7 Å². The molecule has 2 heterocycles. The van der Waals surface area contributed by atoms with E-state index < -0.39 is 0 Å². The summed E-state index contributed by atoms with van der Waals surface area (Å²) in [6.07, 6.45) is 7.15. The Morgan fingerprint density at radius 3 is 2.78 bits per heavy atom. The Balaban J connectivity index is 1.68. The minimum absolute atomic E-state index is 0.0453. The predicted octanol–water partition coefficient (Wildman–Crippen LogP) is 3.59. The molecule has 0 aromatic heterocycles. The van der Waals surface area contributed by atoms with Gasteiger partial charge in [-0.25, -0.2) is 0 Å². The maximum atomic E-state index is 11.8. The van der Waals surface area contributed by atoms with Gasteiger partial charge in [-0.2, -0.15) is 0 Å². The molecule has 4 heteroatoms. The van der Waals surface area contributed by atoms with E-state index in [9.17, 15) is 4.79 Å². The number of ether oxygens (including phenoxy) is 2. The third kappa shape index (κ3) is 3.43. The van der Waals surface area contributed by atoms with Crippen molar-refractivity contribution in [2.24, 2.45) is 17.8 Å². The molecule has 0 unspecified atom stereocenters. The van der Waals surface area contributed by atoms with Gasteiger partial charge in [0, 0.05) is 24.4 Å². The highest BCUT2D eigenvalue weighted by atomic mass is 16.5. The lowest BCUT2D eigenvalue weighted by Gasteiger charge is -2.59. The minimum Gasteiger partial charge on any atom is -0.466 e. The van der Waals surface area contributed by atoms with Crippen molar-refractivity contribution in [2.75, 3.05) is 13.2 Å². The van der Waals surface area contributed by atoms with Gasteiger partial charge in [-0.05, 0) is 58.3 Å². The second kappa shape index (κ2) is 6.72. The van der Waals surface area contributed by atoms with Crippen molar-refractivity contribution in [3.05, 3.63) is 0 Å². The first-order chi connectivity index (χ1) is 10.9. The molecule has 1 aliphatic carbocycles. The number of fused-ring (bicyclic) bond motifs is 2. The summed E-state index contributed by atoms with van der Waals surface area (Å²) >= 11 is 0. The Kier molecular flexibility index (Phi) is 5.03. The smallest absolute Gasteiger partial charge is 0.306 e. The van der Waals surface area contributed by atoms with Crippen molar-refractivity contribution in [3.8, 4) is 0 Å². The third-order valence-corrected chi connectivity index (χ3v) is 6.42. The standard InChI is InChI=1S/C19H33NO3/c1-5-22-18(21)11-14-7-9-17-20(12-14)19(3,4)15-8-6-13(2)10-16(15)23-17/h13-17H,5-12H2,1-4H3/t13-,14+,15-,16-,17+/m1/s1. The van der Waals surface area contributed by atoms with Crippen LogP contribution in [0.5, 0.6) is 0 Å². The molecule has 3 aliphatic rings. The van der Waals surface area contributed by atoms with Crippen LogP contribution in [0.3, 0.4) is 0 Å². The Labute approximate surface area is 140 Å². The summed E-state index contributed by atoms with van der Waals surface area (Å²) in [5, 5.41) is 0. The van der Waals surface area contributed by atoms with Crippen LogP contribution in [0.2, 0.25) is 0 Å². The van der Waals surface area contributed by atoms with Gasteiger partial charge in [0.2, 0.25) is 0 Å². The first-order valence-electron chi connectivity index (χ1n) is 9.49. The van der Waals surface area contributed by atoms with Crippen LogP contribution in [0, 0.1) is 17.8 Å². The van der Waals surface area contributed by atoms with Gasteiger partial charge in [0.1, 0.15) is 6.23 Å². The number of esters is 1. The SMILES string of the molecule is CCOC(=O)C[C@@H]1CC[C@@H]2O[C@@H]3C[C@H](C)CC[C@H]3C(C)(C)N2C1. The number of carbonyl (C=O) groups is 1. The van der Waals surface area contributed by atoms with Gasteiger partial charge < -0.3 is 9.47 Å². The molecule has 5 atom stereocenters.